The Bertz CT molecular complexity index is 1960. The number of nitrogens with zero attached hydrogens (tertiary/aromatic N) is 3. The molecule has 0 unspecified atom stereocenters. The number of halogens is 2. The largest absolute Gasteiger partial charge is 0.487 e. The van der Waals surface area contributed by atoms with E-state index in [4.69, 9.17) is 23.9 Å². The second-order valence-electron chi connectivity index (χ2n) is 14.8. The summed E-state index contributed by atoms with van der Waals surface area (Å²) in [5, 5.41) is 0. The van der Waals surface area contributed by atoms with Gasteiger partial charge in [0.15, 0.2) is 17.7 Å². The van der Waals surface area contributed by atoms with Crippen molar-refractivity contribution in [1.29, 1.82) is 0 Å². The molecule has 4 aromatic rings. The van der Waals surface area contributed by atoms with Crippen LogP contribution >= 0.6 is 0 Å². The Labute approximate surface area is 306 Å². The maximum atomic E-state index is 15.2. The first-order valence-electron chi connectivity index (χ1n) is 17.7. The van der Waals surface area contributed by atoms with E-state index in [0.717, 1.165) is 41.4 Å². The van der Waals surface area contributed by atoms with Gasteiger partial charge in [0.25, 0.3) is 0 Å². The fourth-order valence-corrected chi connectivity index (χ4v) is 6.76. The van der Waals surface area contributed by atoms with Crippen LogP contribution in [-0.2, 0) is 19.0 Å². The van der Waals surface area contributed by atoms with Gasteiger partial charge in [-0.05, 0) is 90.1 Å². The van der Waals surface area contributed by atoms with E-state index in [2.05, 4.69) is 25.0 Å². The molecule has 0 spiro atoms. The fourth-order valence-electron chi connectivity index (χ4n) is 6.76. The van der Waals surface area contributed by atoms with Gasteiger partial charge in [-0.2, -0.15) is 0 Å². The predicted octanol–water partition coefficient (Wildman–Crippen LogP) is 9.50. The van der Waals surface area contributed by atoms with Crippen LogP contribution in [0.1, 0.15) is 76.7 Å². The molecule has 52 heavy (non-hydrogen) atoms. The van der Waals surface area contributed by atoms with Crippen molar-refractivity contribution in [3.8, 4) is 28.1 Å². The molecule has 278 valence electrons. The van der Waals surface area contributed by atoms with Gasteiger partial charge in [0, 0.05) is 48.5 Å². The summed E-state index contributed by atoms with van der Waals surface area (Å²) < 4.78 is 55.8. The lowest BCUT2D eigenvalue weighted by Gasteiger charge is -2.41. The molecule has 3 heterocycles. The molecule has 1 fully saturated rings. The number of aromatic nitrogens is 2. The second kappa shape index (κ2) is 15.6. The second-order valence-corrected chi connectivity index (χ2v) is 14.8. The standard InChI is InChI=1S/C42H51F2N3O5/c1-11-14-26(3)51-36-32(23-31(43)24-33(36)44)29-15-13-16-30(22-29)34-25-47-38(45-34)28(5)27(4)35(37(40(48)49-10)52-41(6,7)8)39(47)46-19-17-42(9,18-20-46)50-21-12-2/h11-13,15-16,22-26,37H,1-2,14,17-21H2,3-10H3/t26-,37-/m0/s1. The summed E-state index contributed by atoms with van der Waals surface area (Å²) in [6.45, 7) is 23.0. The molecule has 0 amide bonds. The third-order valence-corrected chi connectivity index (χ3v) is 9.59. The quantitative estimate of drug-likeness (QED) is 0.101. The summed E-state index contributed by atoms with van der Waals surface area (Å²) in [6, 6.07) is 9.50. The predicted molar refractivity (Wildman–Crippen MR) is 202 cm³/mol. The zero-order valence-electron chi connectivity index (χ0n) is 31.6. The summed E-state index contributed by atoms with van der Waals surface area (Å²) in [5.41, 5.74) is 4.44. The van der Waals surface area contributed by atoms with Gasteiger partial charge in [-0.25, -0.2) is 18.6 Å². The number of esters is 1. The number of piperidine rings is 1. The Kier molecular flexibility index (Phi) is 11.6. The van der Waals surface area contributed by atoms with Crippen molar-refractivity contribution in [2.45, 2.75) is 91.1 Å². The Morgan fingerprint density at radius 2 is 1.75 bits per heavy atom. The van der Waals surface area contributed by atoms with Gasteiger partial charge in [-0.1, -0.05) is 30.4 Å². The van der Waals surface area contributed by atoms with Gasteiger partial charge >= 0.3 is 5.97 Å². The number of anilines is 1. The van der Waals surface area contributed by atoms with Gasteiger partial charge < -0.3 is 23.8 Å². The van der Waals surface area contributed by atoms with Crippen molar-refractivity contribution < 1.29 is 32.5 Å². The van der Waals surface area contributed by atoms with Crippen LogP contribution in [0.15, 0.2) is 67.9 Å². The molecule has 2 atom stereocenters. The minimum Gasteiger partial charge on any atom is -0.487 e. The minimum atomic E-state index is -1.01. The SMILES string of the molecule is C=CCOC1(C)CCN(c2c([C@H](OC(C)(C)C)C(=O)OC)c(C)c(C)c3nc(-c4cccc(-c5cc(F)cc(F)c5O[C@@H](C)CC=C)c4)cn23)CC1. The Balaban J connectivity index is 1.69. The number of benzene rings is 2. The third kappa shape index (κ3) is 8.24. The Morgan fingerprint density at radius 1 is 1.06 bits per heavy atom. The van der Waals surface area contributed by atoms with Crippen LogP contribution in [0.4, 0.5) is 14.6 Å². The number of hydrogen-bond donors (Lipinski definition) is 0. The summed E-state index contributed by atoms with van der Waals surface area (Å²) in [4.78, 5) is 20.9. The van der Waals surface area contributed by atoms with Crippen molar-refractivity contribution in [2.75, 3.05) is 31.7 Å². The lowest BCUT2D eigenvalue weighted by atomic mass is 9.92. The molecule has 2 aromatic carbocycles. The van der Waals surface area contributed by atoms with Crippen molar-refractivity contribution in [1.82, 2.24) is 9.38 Å². The van der Waals surface area contributed by atoms with E-state index in [1.165, 1.54) is 13.2 Å². The molecule has 2 aromatic heterocycles. The van der Waals surface area contributed by atoms with Crippen LogP contribution in [0, 0.1) is 25.5 Å². The molecule has 0 bridgehead atoms. The van der Waals surface area contributed by atoms with Gasteiger partial charge in [0.1, 0.15) is 17.3 Å². The molecule has 0 saturated carbocycles. The van der Waals surface area contributed by atoms with Crippen LogP contribution < -0.4 is 9.64 Å². The average molecular weight is 716 g/mol. The molecule has 1 saturated heterocycles. The first kappa shape index (κ1) is 38.7. The number of aryl methyl sites for hydroxylation is 1. The van der Waals surface area contributed by atoms with Crippen LogP contribution in [0.5, 0.6) is 5.75 Å². The van der Waals surface area contributed by atoms with E-state index >= 15 is 4.39 Å². The van der Waals surface area contributed by atoms with Gasteiger partial charge in [-0.3, -0.25) is 4.40 Å². The van der Waals surface area contributed by atoms with Gasteiger partial charge in [-0.15, -0.1) is 13.2 Å². The first-order valence-corrected chi connectivity index (χ1v) is 17.7. The normalized spacial score (nSPS) is 15.7. The molecule has 5 rings (SSSR count). The summed E-state index contributed by atoms with van der Waals surface area (Å²) in [6.07, 6.45) is 6.03. The van der Waals surface area contributed by atoms with Crippen LogP contribution in [-0.4, -0.2) is 59.5 Å². The van der Waals surface area contributed by atoms with E-state index in [1.807, 2.05) is 70.3 Å². The van der Waals surface area contributed by atoms with E-state index in [-0.39, 0.29) is 17.5 Å². The average Bonchev–Trinajstić information content (AvgIpc) is 3.55. The maximum Gasteiger partial charge on any atom is 0.339 e. The summed E-state index contributed by atoms with van der Waals surface area (Å²) in [5.74, 6) is -1.22. The number of fused-ring (bicyclic) bond motifs is 1. The number of rotatable bonds is 13. The highest BCUT2D eigenvalue weighted by Gasteiger charge is 2.38. The minimum absolute atomic E-state index is 0.0248. The van der Waals surface area contributed by atoms with Crippen molar-refractivity contribution >= 4 is 17.4 Å². The van der Waals surface area contributed by atoms with E-state index in [0.29, 0.717) is 54.1 Å². The van der Waals surface area contributed by atoms with Crippen molar-refractivity contribution in [2.24, 2.45) is 0 Å². The molecule has 0 radical (unpaired) electrons. The fraction of sp³-hybridized carbons (Fsp3) is 0.429. The molecular formula is C42H51F2N3O5. The zero-order chi connectivity index (χ0) is 38.0. The number of carbonyl (C=O) groups excluding carboxylic acids is 1. The zero-order valence-corrected chi connectivity index (χ0v) is 31.6. The molecule has 10 heteroatoms. The molecule has 0 N–H and O–H groups in total. The lowest BCUT2D eigenvalue weighted by Crippen LogP contribution is -2.45. The van der Waals surface area contributed by atoms with E-state index in [9.17, 15) is 9.18 Å². The summed E-state index contributed by atoms with van der Waals surface area (Å²) in [7, 11) is 1.37. The highest BCUT2D eigenvalue weighted by Crippen LogP contribution is 2.42. The lowest BCUT2D eigenvalue weighted by molar-refractivity contribution is -0.164. The molecular weight excluding hydrogens is 664 g/mol. The maximum absolute atomic E-state index is 15.2. The van der Waals surface area contributed by atoms with E-state index in [1.54, 1.807) is 18.2 Å². The molecule has 8 nitrogen and oxygen atoms in total. The monoisotopic (exact) mass is 715 g/mol. The smallest absolute Gasteiger partial charge is 0.339 e. The first-order chi connectivity index (χ1) is 24.6. The highest BCUT2D eigenvalue weighted by atomic mass is 19.1. The molecule has 0 aliphatic carbocycles. The van der Waals surface area contributed by atoms with Crippen molar-refractivity contribution in [3.63, 3.8) is 0 Å². The van der Waals surface area contributed by atoms with Crippen molar-refractivity contribution in [3.05, 3.63) is 96.2 Å². The third-order valence-electron chi connectivity index (χ3n) is 9.59. The van der Waals surface area contributed by atoms with Crippen LogP contribution in [0.25, 0.3) is 28.0 Å². The summed E-state index contributed by atoms with van der Waals surface area (Å²) >= 11 is 0. The van der Waals surface area contributed by atoms with Crippen LogP contribution in [0.2, 0.25) is 0 Å². The number of ether oxygens (including phenoxy) is 4. The number of hydrogen-bond acceptors (Lipinski definition) is 7. The molecule has 1 aliphatic rings. The Hall–Kier alpha value is -4.54. The van der Waals surface area contributed by atoms with Crippen LogP contribution in [0.3, 0.4) is 0 Å². The number of imidazole rings is 1. The van der Waals surface area contributed by atoms with E-state index < -0.39 is 29.3 Å². The number of pyridine rings is 1. The number of carbonyl (C=O) groups is 1. The highest BCUT2D eigenvalue weighted by molar-refractivity contribution is 5.82. The topological polar surface area (TPSA) is 74.5 Å². The van der Waals surface area contributed by atoms with Gasteiger partial charge in [0.05, 0.1) is 36.7 Å². The number of methoxy groups -OCH3 is 1. The Morgan fingerprint density at radius 3 is 2.38 bits per heavy atom. The van der Waals surface area contributed by atoms with Gasteiger partial charge in [0.2, 0.25) is 0 Å². The molecule has 1 aliphatic heterocycles.